The number of nitrogens with zero attached hydrogens (tertiary/aromatic N) is 7. The number of Topliss-reactive ketones (excluding diaryl/α,β-unsaturated/α-hetero) is 2. The lowest BCUT2D eigenvalue weighted by Gasteiger charge is -2.30. The number of oxazole rings is 1. The first-order valence-corrected chi connectivity index (χ1v) is 22.1. The summed E-state index contributed by atoms with van der Waals surface area (Å²) in [6, 6.07) is 8.51. The molecule has 1 aromatic carbocycles. The zero-order chi connectivity index (χ0) is 44.2. The lowest BCUT2D eigenvalue weighted by Crippen LogP contribution is -2.36. The monoisotopic (exact) mass is 868 g/mol. The van der Waals surface area contributed by atoms with Crippen molar-refractivity contribution in [2.24, 2.45) is 18.9 Å². The van der Waals surface area contributed by atoms with Crippen molar-refractivity contribution in [2.45, 2.75) is 108 Å². The Labute approximate surface area is 363 Å². The van der Waals surface area contributed by atoms with Crippen LogP contribution in [-0.4, -0.2) is 84.0 Å². The Balaban J connectivity index is 0.767. The number of para-hydroxylation sites is 1. The zero-order valence-corrected chi connectivity index (χ0v) is 35.8. The Morgan fingerprint density at radius 1 is 1.02 bits per heavy atom. The van der Waals surface area contributed by atoms with Gasteiger partial charge in [-0.05, 0) is 93.9 Å². The number of alkyl halides is 2. The van der Waals surface area contributed by atoms with Gasteiger partial charge in [0.25, 0.3) is 12.3 Å². The Bertz CT molecular complexity index is 2530. The highest BCUT2D eigenvalue weighted by Gasteiger charge is 2.33. The van der Waals surface area contributed by atoms with Crippen molar-refractivity contribution >= 4 is 40.1 Å². The molecule has 2 amide bonds. The van der Waals surface area contributed by atoms with Crippen molar-refractivity contribution in [3.8, 4) is 11.5 Å². The average Bonchev–Trinajstić information content (AvgIpc) is 3.68. The molecule has 1 N–H and O–H groups in total. The Morgan fingerprint density at radius 3 is 2.57 bits per heavy atom. The van der Waals surface area contributed by atoms with E-state index in [0.717, 1.165) is 35.5 Å². The number of imidazole rings is 1. The van der Waals surface area contributed by atoms with Gasteiger partial charge in [0, 0.05) is 69.8 Å². The predicted molar refractivity (Wildman–Crippen MR) is 228 cm³/mol. The first kappa shape index (κ1) is 43.8. The fourth-order valence-corrected chi connectivity index (χ4v) is 9.09. The summed E-state index contributed by atoms with van der Waals surface area (Å²) in [5.74, 6) is -0.144. The third-order valence-corrected chi connectivity index (χ3v) is 12.8. The molecule has 0 saturated heterocycles. The summed E-state index contributed by atoms with van der Waals surface area (Å²) >= 11 is 0. The van der Waals surface area contributed by atoms with Gasteiger partial charge < -0.3 is 19.4 Å². The summed E-state index contributed by atoms with van der Waals surface area (Å²) < 4.78 is 44.4. The van der Waals surface area contributed by atoms with Gasteiger partial charge in [-0.2, -0.15) is 5.10 Å². The number of rotatable bonds is 18. The minimum atomic E-state index is -2.92. The molecule has 17 heteroatoms. The number of anilines is 1. The molecule has 15 nitrogen and oxygen atoms in total. The van der Waals surface area contributed by atoms with E-state index in [9.17, 15) is 32.8 Å². The van der Waals surface area contributed by atoms with Crippen molar-refractivity contribution in [2.75, 3.05) is 32.1 Å². The number of nitrogens with one attached hydrogen (secondary N) is 1. The molecule has 4 heterocycles. The quantitative estimate of drug-likeness (QED) is 0.0700. The molecule has 1 unspecified atom stereocenters. The maximum absolute atomic E-state index is 14.2. The number of carbonyl (C=O) groups is 4. The fraction of sp³-hybridized carbons (Fsp3) is 0.522. The fourth-order valence-electron chi connectivity index (χ4n) is 9.09. The van der Waals surface area contributed by atoms with Gasteiger partial charge in [0.2, 0.25) is 11.8 Å². The number of fused-ring (bicyclic) bond motifs is 1. The SMILES string of the molecule is CN(CCCOCCCc1cccc2c1n(C)c(=O)n2C1CCC(=O)CC1=O)C(=O)C1CCC(n2cc(NC(=O)c3coc(-c4ccnc(CCC5CC5)c4)n3)c(C(F)F)n2)CC1. The van der Waals surface area contributed by atoms with Gasteiger partial charge >= 0.3 is 5.69 Å². The number of aromatic nitrogens is 6. The number of benzene rings is 1. The van der Waals surface area contributed by atoms with E-state index in [4.69, 9.17) is 9.15 Å². The van der Waals surface area contributed by atoms with E-state index in [0.29, 0.717) is 82.2 Å². The highest BCUT2D eigenvalue weighted by molar-refractivity contribution is 6.04. The molecule has 8 rings (SSSR count). The first-order valence-electron chi connectivity index (χ1n) is 22.1. The molecule has 3 aliphatic rings. The molecule has 1 atom stereocenters. The highest BCUT2D eigenvalue weighted by atomic mass is 19.3. The van der Waals surface area contributed by atoms with Crippen molar-refractivity contribution in [3.05, 3.63) is 82.1 Å². The molecule has 63 heavy (non-hydrogen) atoms. The summed E-state index contributed by atoms with van der Waals surface area (Å²) in [6.45, 7) is 1.49. The second-order valence-corrected chi connectivity index (χ2v) is 17.3. The largest absolute Gasteiger partial charge is 0.444 e. The summed E-state index contributed by atoms with van der Waals surface area (Å²) in [5.41, 5.74) is 3.11. The maximum Gasteiger partial charge on any atom is 0.329 e. The molecule has 3 saturated carbocycles. The third kappa shape index (κ3) is 10.0. The molecule has 0 spiro atoms. The minimum absolute atomic E-state index is 0.0375. The molecule has 5 aromatic rings. The van der Waals surface area contributed by atoms with Crippen LogP contribution >= 0.6 is 0 Å². The topological polar surface area (TPSA) is 176 Å². The molecule has 4 aromatic heterocycles. The van der Waals surface area contributed by atoms with E-state index in [1.54, 1.807) is 40.4 Å². The zero-order valence-electron chi connectivity index (χ0n) is 35.8. The number of ketones is 2. The van der Waals surface area contributed by atoms with Crippen LogP contribution in [-0.2, 0) is 39.0 Å². The van der Waals surface area contributed by atoms with E-state index >= 15 is 0 Å². The van der Waals surface area contributed by atoms with Gasteiger partial charge in [-0.15, -0.1) is 0 Å². The number of hydrogen-bond acceptors (Lipinski definition) is 10. The lowest BCUT2D eigenvalue weighted by atomic mass is 9.85. The standard InChI is InChI=1S/C46H54F2N8O7/c1-53(21-5-23-62-22-4-7-29-6-3-8-38-41(29)54(2)46(61)56(38)37-18-17-34(57)25-39(37)58)45(60)30-12-15-33(16-13-30)55-26-35(40(52-55)42(47)48)50-43(59)36-27-63-44(51-36)31-19-20-49-32(24-31)14-11-28-9-10-28/h3,6,8,19-20,24,26-28,30,33,37,42H,4-5,7,9-18,21-23,25H2,1-2H3,(H,50,59). The average molecular weight is 869 g/mol. The van der Waals surface area contributed by atoms with Crippen molar-refractivity contribution in [1.82, 2.24) is 33.8 Å². The van der Waals surface area contributed by atoms with Gasteiger partial charge in [0.15, 0.2) is 17.2 Å². The van der Waals surface area contributed by atoms with Gasteiger partial charge in [0.05, 0.1) is 35.2 Å². The van der Waals surface area contributed by atoms with Crippen LogP contribution in [0.3, 0.4) is 0 Å². The van der Waals surface area contributed by atoms with Crippen LogP contribution in [0.1, 0.15) is 123 Å². The Kier molecular flexibility index (Phi) is 13.4. The summed E-state index contributed by atoms with van der Waals surface area (Å²) in [5, 5.41) is 6.72. The molecule has 0 radical (unpaired) electrons. The minimum Gasteiger partial charge on any atom is -0.444 e. The van der Waals surface area contributed by atoms with E-state index in [1.807, 2.05) is 24.3 Å². The maximum atomic E-state index is 14.2. The van der Waals surface area contributed by atoms with E-state index in [-0.39, 0.29) is 65.2 Å². The molecule has 3 fully saturated rings. The second-order valence-electron chi connectivity index (χ2n) is 17.3. The normalized spacial score (nSPS) is 19.3. The van der Waals surface area contributed by atoms with Crippen LogP contribution in [0.5, 0.6) is 0 Å². The Hall–Kier alpha value is -5.84. The van der Waals surface area contributed by atoms with Crippen LogP contribution in [0.25, 0.3) is 22.5 Å². The van der Waals surface area contributed by atoms with Crippen molar-refractivity contribution in [3.63, 3.8) is 0 Å². The Morgan fingerprint density at radius 2 is 1.81 bits per heavy atom. The summed E-state index contributed by atoms with van der Waals surface area (Å²) in [6.07, 6.45) is 10.7. The molecule has 0 aliphatic heterocycles. The number of aryl methyl sites for hydroxylation is 3. The van der Waals surface area contributed by atoms with Gasteiger partial charge in [-0.25, -0.2) is 18.6 Å². The van der Waals surface area contributed by atoms with E-state index in [1.165, 1.54) is 30.0 Å². The lowest BCUT2D eigenvalue weighted by molar-refractivity contribution is -0.136. The number of pyridine rings is 1. The summed E-state index contributed by atoms with van der Waals surface area (Å²) in [4.78, 5) is 74.7. The van der Waals surface area contributed by atoms with Gasteiger partial charge in [-0.1, -0.05) is 25.0 Å². The van der Waals surface area contributed by atoms with Crippen LogP contribution in [0.4, 0.5) is 14.5 Å². The number of carbonyl (C=O) groups excluding carboxylic acids is 4. The first-order chi connectivity index (χ1) is 30.4. The highest BCUT2D eigenvalue weighted by Crippen LogP contribution is 2.36. The molecular weight excluding hydrogens is 815 g/mol. The smallest absolute Gasteiger partial charge is 0.329 e. The van der Waals surface area contributed by atoms with Crippen LogP contribution in [0.15, 0.2) is 58.2 Å². The van der Waals surface area contributed by atoms with E-state index in [2.05, 4.69) is 20.4 Å². The number of ether oxygens (including phenoxy) is 1. The van der Waals surface area contributed by atoms with Crippen molar-refractivity contribution < 1.29 is 37.1 Å². The van der Waals surface area contributed by atoms with Crippen LogP contribution in [0, 0.1) is 11.8 Å². The second kappa shape index (κ2) is 19.3. The van der Waals surface area contributed by atoms with Gasteiger partial charge in [-0.3, -0.25) is 38.0 Å². The molecule has 0 bridgehead atoms. The number of hydrogen-bond donors (Lipinski definition) is 1. The van der Waals surface area contributed by atoms with Crippen LogP contribution < -0.4 is 11.0 Å². The molecule has 334 valence electrons. The third-order valence-electron chi connectivity index (χ3n) is 12.8. The van der Waals surface area contributed by atoms with E-state index < -0.39 is 24.1 Å². The number of amides is 2. The van der Waals surface area contributed by atoms with Crippen LogP contribution in [0.2, 0.25) is 0 Å². The van der Waals surface area contributed by atoms with Gasteiger partial charge in [0.1, 0.15) is 12.0 Å². The van der Waals surface area contributed by atoms with Crippen molar-refractivity contribution in [1.29, 1.82) is 0 Å². The number of halogens is 2. The molecular formula is C46H54F2N8O7. The molecule has 3 aliphatic carbocycles. The summed E-state index contributed by atoms with van der Waals surface area (Å²) in [7, 11) is 3.49. The predicted octanol–water partition coefficient (Wildman–Crippen LogP) is 7.21.